The predicted molar refractivity (Wildman–Crippen MR) is 79.6 cm³/mol. The fourth-order valence-electron chi connectivity index (χ4n) is 4.11. The number of nitrogens with one attached hydrogen (secondary N) is 1. The van der Waals surface area contributed by atoms with E-state index in [4.69, 9.17) is 0 Å². The van der Waals surface area contributed by atoms with Crippen molar-refractivity contribution in [2.75, 3.05) is 26.7 Å². The summed E-state index contributed by atoms with van der Waals surface area (Å²) in [5.41, 5.74) is 0. The molecule has 2 heterocycles. The molecule has 2 atom stereocenters. The second-order valence-corrected chi connectivity index (χ2v) is 8.50. The summed E-state index contributed by atoms with van der Waals surface area (Å²) in [5, 5.41) is 3.36. The molecule has 5 nitrogen and oxygen atoms in total. The van der Waals surface area contributed by atoms with Gasteiger partial charge in [-0.25, -0.2) is 0 Å². The topological polar surface area (TPSA) is 52.7 Å². The number of hydrogen-bond donors (Lipinski definition) is 1. The highest BCUT2D eigenvalue weighted by molar-refractivity contribution is 7.86. The zero-order valence-electron chi connectivity index (χ0n) is 12.4. The normalized spacial score (nSPS) is 33.5. The minimum atomic E-state index is -3.29. The van der Waals surface area contributed by atoms with Crippen molar-refractivity contribution in [3.05, 3.63) is 0 Å². The van der Waals surface area contributed by atoms with Crippen molar-refractivity contribution in [2.45, 2.75) is 57.0 Å². The van der Waals surface area contributed by atoms with Crippen molar-refractivity contribution in [1.29, 1.82) is 0 Å². The third kappa shape index (κ3) is 2.63. The molecular formula is C14H27N3O2S. The van der Waals surface area contributed by atoms with Crippen LogP contribution in [-0.4, -0.2) is 55.8 Å². The Bertz CT molecular complexity index is 434. The van der Waals surface area contributed by atoms with E-state index in [9.17, 15) is 8.42 Å². The van der Waals surface area contributed by atoms with Crippen LogP contribution in [0.1, 0.15) is 44.9 Å². The van der Waals surface area contributed by atoms with Gasteiger partial charge in [0.1, 0.15) is 0 Å². The van der Waals surface area contributed by atoms with E-state index < -0.39 is 10.2 Å². The van der Waals surface area contributed by atoms with Gasteiger partial charge in [0, 0.05) is 32.2 Å². The lowest BCUT2D eigenvalue weighted by atomic mass is 9.94. The first-order valence-corrected chi connectivity index (χ1v) is 9.46. The summed E-state index contributed by atoms with van der Waals surface area (Å²) in [5.74, 6) is 0.512. The molecule has 2 aliphatic heterocycles. The number of rotatable bonds is 3. The van der Waals surface area contributed by atoms with E-state index >= 15 is 0 Å². The molecule has 2 unspecified atom stereocenters. The Labute approximate surface area is 122 Å². The number of hydrogen-bond acceptors (Lipinski definition) is 3. The monoisotopic (exact) mass is 301 g/mol. The number of piperidine rings is 1. The van der Waals surface area contributed by atoms with E-state index in [0.717, 1.165) is 51.6 Å². The summed E-state index contributed by atoms with van der Waals surface area (Å²) in [7, 11) is -1.50. The lowest BCUT2D eigenvalue weighted by molar-refractivity contribution is 0.191. The van der Waals surface area contributed by atoms with Crippen LogP contribution in [0.25, 0.3) is 0 Å². The molecule has 3 aliphatic rings. The lowest BCUT2D eigenvalue weighted by Gasteiger charge is -2.40. The van der Waals surface area contributed by atoms with E-state index in [0.29, 0.717) is 12.5 Å². The molecule has 1 aliphatic carbocycles. The first-order valence-electron chi connectivity index (χ1n) is 8.06. The van der Waals surface area contributed by atoms with Crippen molar-refractivity contribution < 1.29 is 8.42 Å². The van der Waals surface area contributed by atoms with Gasteiger partial charge in [-0.05, 0) is 38.1 Å². The van der Waals surface area contributed by atoms with Gasteiger partial charge in [-0.15, -0.1) is 0 Å². The minimum Gasteiger partial charge on any atom is -0.315 e. The maximum Gasteiger partial charge on any atom is 0.282 e. The van der Waals surface area contributed by atoms with Gasteiger partial charge in [-0.2, -0.15) is 17.0 Å². The van der Waals surface area contributed by atoms with Gasteiger partial charge in [-0.3, -0.25) is 0 Å². The van der Waals surface area contributed by atoms with Gasteiger partial charge in [0.2, 0.25) is 0 Å². The van der Waals surface area contributed by atoms with E-state index in [1.54, 1.807) is 15.7 Å². The molecular weight excluding hydrogens is 274 g/mol. The molecule has 1 saturated carbocycles. The summed E-state index contributed by atoms with van der Waals surface area (Å²) in [6.45, 7) is 2.49. The quantitative estimate of drug-likeness (QED) is 0.851. The van der Waals surface area contributed by atoms with Crippen LogP contribution in [0.4, 0.5) is 0 Å². The van der Waals surface area contributed by atoms with Gasteiger partial charge < -0.3 is 5.32 Å². The van der Waals surface area contributed by atoms with E-state index in [2.05, 4.69) is 5.32 Å². The maximum atomic E-state index is 13.0. The first kappa shape index (κ1) is 14.8. The Hall–Kier alpha value is -0.170. The molecule has 0 spiro atoms. The Kier molecular flexibility index (Phi) is 4.36. The van der Waals surface area contributed by atoms with Crippen LogP contribution < -0.4 is 5.32 Å². The summed E-state index contributed by atoms with van der Waals surface area (Å²) in [6.07, 6.45) is 7.79. The van der Waals surface area contributed by atoms with E-state index in [1.165, 1.54) is 6.42 Å². The van der Waals surface area contributed by atoms with E-state index in [-0.39, 0.29) is 12.1 Å². The van der Waals surface area contributed by atoms with Crippen molar-refractivity contribution in [3.63, 3.8) is 0 Å². The summed E-state index contributed by atoms with van der Waals surface area (Å²) in [4.78, 5) is 0. The highest BCUT2D eigenvalue weighted by Crippen LogP contribution is 2.31. The van der Waals surface area contributed by atoms with Crippen molar-refractivity contribution in [1.82, 2.24) is 13.9 Å². The Morgan fingerprint density at radius 1 is 1.05 bits per heavy atom. The van der Waals surface area contributed by atoms with Crippen LogP contribution in [0.15, 0.2) is 0 Å². The first-order chi connectivity index (χ1) is 9.60. The SMILES string of the molecule is CN(C1CCCCC1)S(=O)(=O)N1CCCC2CNCC21. The third-order valence-electron chi connectivity index (χ3n) is 5.38. The number of fused-ring (bicyclic) bond motifs is 1. The Morgan fingerprint density at radius 2 is 1.80 bits per heavy atom. The Morgan fingerprint density at radius 3 is 2.55 bits per heavy atom. The minimum absolute atomic E-state index is 0.180. The molecule has 0 aromatic heterocycles. The van der Waals surface area contributed by atoms with Gasteiger partial charge in [0.15, 0.2) is 0 Å². The molecule has 0 radical (unpaired) electrons. The van der Waals surface area contributed by atoms with Gasteiger partial charge in [0.05, 0.1) is 0 Å². The van der Waals surface area contributed by atoms with Crippen LogP contribution in [-0.2, 0) is 10.2 Å². The van der Waals surface area contributed by atoms with Crippen LogP contribution in [0.3, 0.4) is 0 Å². The standard InChI is InChI=1S/C14H27N3O2S/c1-16(13-7-3-2-4-8-13)20(18,19)17-9-5-6-12-10-15-11-14(12)17/h12-15H,2-11H2,1H3. The van der Waals surface area contributed by atoms with Crippen LogP contribution in [0.5, 0.6) is 0 Å². The highest BCUT2D eigenvalue weighted by atomic mass is 32.2. The third-order valence-corrected chi connectivity index (χ3v) is 7.45. The molecule has 2 saturated heterocycles. The summed E-state index contributed by atoms with van der Waals surface area (Å²) in [6, 6.07) is 0.392. The summed E-state index contributed by atoms with van der Waals surface area (Å²) < 4.78 is 29.4. The maximum absolute atomic E-state index is 13.0. The predicted octanol–water partition coefficient (Wildman–Crippen LogP) is 1.18. The van der Waals surface area contributed by atoms with Gasteiger partial charge >= 0.3 is 0 Å². The second kappa shape index (κ2) is 5.91. The molecule has 3 rings (SSSR count). The number of nitrogens with zero attached hydrogens (tertiary/aromatic N) is 2. The van der Waals surface area contributed by atoms with Crippen molar-refractivity contribution in [3.8, 4) is 0 Å². The average molecular weight is 301 g/mol. The van der Waals surface area contributed by atoms with Gasteiger partial charge in [-0.1, -0.05) is 19.3 Å². The molecule has 20 heavy (non-hydrogen) atoms. The summed E-state index contributed by atoms with van der Waals surface area (Å²) >= 11 is 0. The Balaban J connectivity index is 1.76. The molecule has 3 fully saturated rings. The molecule has 6 heteroatoms. The van der Waals surface area contributed by atoms with E-state index in [1.807, 2.05) is 0 Å². The zero-order chi connectivity index (χ0) is 14.2. The molecule has 0 amide bonds. The van der Waals surface area contributed by atoms with Crippen molar-refractivity contribution in [2.24, 2.45) is 5.92 Å². The molecule has 0 bridgehead atoms. The molecule has 116 valence electrons. The van der Waals surface area contributed by atoms with Crippen LogP contribution >= 0.6 is 0 Å². The largest absolute Gasteiger partial charge is 0.315 e. The van der Waals surface area contributed by atoms with Gasteiger partial charge in [0.25, 0.3) is 10.2 Å². The fraction of sp³-hybridized carbons (Fsp3) is 1.00. The highest BCUT2D eigenvalue weighted by Gasteiger charge is 2.43. The second-order valence-electron chi connectivity index (χ2n) is 6.55. The van der Waals surface area contributed by atoms with Crippen LogP contribution in [0.2, 0.25) is 0 Å². The van der Waals surface area contributed by atoms with Crippen molar-refractivity contribution >= 4 is 10.2 Å². The zero-order valence-corrected chi connectivity index (χ0v) is 13.2. The molecule has 0 aromatic rings. The average Bonchev–Trinajstić information content (AvgIpc) is 2.95. The molecule has 1 N–H and O–H groups in total. The molecule has 0 aromatic carbocycles. The fourth-order valence-corrected chi connectivity index (χ4v) is 5.98. The smallest absolute Gasteiger partial charge is 0.282 e. The van der Waals surface area contributed by atoms with Crippen LogP contribution in [0, 0.1) is 5.92 Å². The lowest BCUT2D eigenvalue weighted by Crippen LogP contribution is -2.54.